The van der Waals surface area contributed by atoms with Crippen LogP contribution >= 0.6 is 11.6 Å². The summed E-state index contributed by atoms with van der Waals surface area (Å²) in [4.78, 5) is 50.9. The molecule has 7 nitrogen and oxygen atoms in total. The van der Waals surface area contributed by atoms with E-state index in [1.54, 1.807) is 45.2 Å². The molecule has 1 aromatic carbocycles. The van der Waals surface area contributed by atoms with E-state index in [0.29, 0.717) is 21.8 Å². The number of hydrogen-bond donors (Lipinski definition) is 0. The highest BCUT2D eigenvalue weighted by Crippen LogP contribution is 2.30. The molecule has 0 saturated carbocycles. The Bertz CT molecular complexity index is 955. The maximum Gasteiger partial charge on any atom is 0.333 e. The molecule has 0 aliphatic rings. The van der Waals surface area contributed by atoms with Gasteiger partial charge < -0.3 is 9.30 Å². The Morgan fingerprint density at radius 2 is 1.83 bits per heavy atom. The fraction of sp³-hybridized carbons (Fsp3) is 0.333. The van der Waals surface area contributed by atoms with Crippen LogP contribution in [0.4, 0.5) is 5.69 Å². The summed E-state index contributed by atoms with van der Waals surface area (Å²) in [5.41, 5.74) is 0.941. The van der Waals surface area contributed by atoms with Crippen molar-refractivity contribution in [3.8, 4) is 0 Å². The number of halogens is 1. The summed E-state index contributed by atoms with van der Waals surface area (Å²) >= 11 is 5.96. The fourth-order valence-corrected chi connectivity index (χ4v) is 3.11. The Kier molecular flexibility index (Phi) is 7.34. The van der Waals surface area contributed by atoms with Gasteiger partial charge in [-0.3, -0.25) is 19.3 Å². The van der Waals surface area contributed by atoms with Crippen LogP contribution in [0.5, 0.6) is 0 Å². The van der Waals surface area contributed by atoms with Gasteiger partial charge in [-0.25, -0.2) is 4.79 Å². The number of esters is 1. The van der Waals surface area contributed by atoms with E-state index in [2.05, 4.69) is 0 Å². The van der Waals surface area contributed by atoms with Crippen LogP contribution in [-0.4, -0.2) is 28.8 Å². The smallest absolute Gasteiger partial charge is 0.333 e. The number of pyridine rings is 1. The number of nitrogens with zero attached hydrogens (tertiary/aromatic N) is 2. The zero-order valence-corrected chi connectivity index (χ0v) is 17.5. The number of carbonyl (C=O) groups is 3. The van der Waals surface area contributed by atoms with Gasteiger partial charge in [0.15, 0.2) is 6.04 Å². The quantitative estimate of drug-likeness (QED) is 0.509. The summed E-state index contributed by atoms with van der Waals surface area (Å²) in [6, 6.07) is 6.81. The van der Waals surface area contributed by atoms with Crippen LogP contribution in [0.25, 0.3) is 0 Å². The lowest BCUT2D eigenvalue weighted by Gasteiger charge is -2.31. The van der Waals surface area contributed by atoms with Gasteiger partial charge in [0.1, 0.15) is 5.78 Å². The number of rotatable bonds is 7. The summed E-state index contributed by atoms with van der Waals surface area (Å²) in [5, 5.41) is 0.468. The topological polar surface area (TPSA) is 85.7 Å². The van der Waals surface area contributed by atoms with Crippen LogP contribution in [0.3, 0.4) is 0 Å². The number of benzene rings is 1. The molecule has 0 radical (unpaired) electrons. The highest BCUT2D eigenvalue weighted by atomic mass is 35.5. The first-order chi connectivity index (χ1) is 13.6. The van der Waals surface area contributed by atoms with E-state index < -0.39 is 24.3 Å². The van der Waals surface area contributed by atoms with Gasteiger partial charge in [-0.05, 0) is 44.5 Å². The second kappa shape index (κ2) is 9.52. The zero-order valence-electron chi connectivity index (χ0n) is 16.8. The molecule has 0 spiro atoms. The molecule has 29 heavy (non-hydrogen) atoms. The van der Waals surface area contributed by atoms with Gasteiger partial charge in [0, 0.05) is 23.8 Å². The number of anilines is 1. The Labute approximate surface area is 173 Å². The van der Waals surface area contributed by atoms with E-state index in [4.69, 9.17) is 16.3 Å². The zero-order chi connectivity index (χ0) is 21.7. The van der Waals surface area contributed by atoms with Gasteiger partial charge >= 0.3 is 5.97 Å². The number of ketones is 1. The average Bonchev–Trinajstić information content (AvgIpc) is 2.64. The molecule has 1 atom stereocenters. The van der Waals surface area contributed by atoms with Crippen molar-refractivity contribution in [2.75, 3.05) is 11.5 Å². The molecule has 154 valence electrons. The summed E-state index contributed by atoms with van der Waals surface area (Å²) in [6.07, 6.45) is 1.06. The first-order valence-corrected chi connectivity index (χ1v) is 9.44. The van der Waals surface area contributed by atoms with Crippen molar-refractivity contribution in [1.29, 1.82) is 0 Å². The molecule has 0 fully saturated rings. The largest absolute Gasteiger partial charge is 0.464 e. The molecule has 0 saturated heterocycles. The molecule has 0 aliphatic carbocycles. The average molecular weight is 419 g/mol. The lowest BCUT2D eigenvalue weighted by Crippen LogP contribution is -2.41. The maximum absolute atomic E-state index is 13.0. The van der Waals surface area contributed by atoms with Crippen molar-refractivity contribution in [2.45, 2.75) is 33.2 Å². The van der Waals surface area contributed by atoms with E-state index in [1.165, 1.54) is 28.7 Å². The summed E-state index contributed by atoms with van der Waals surface area (Å²) in [7, 11) is 1.55. The van der Waals surface area contributed by atoms with Gasteiger partial charge in [-0.2, -0.15) is 0 Å². The van der Waals surface area contributed by atoms with Crippen LogP contribution in [0.1, 0.15) is 37.4 Å². The summed E-state index contributed by atoms with van der Waals surface area (Å²) in [5.74, 6) is -1.58. The molecular formula is C21H23ClN2O5. The minimum absolute atomic E-state index is 0.115. The second-order valence-corrected chi connectivity index (χ2v) is 7.08. The Balaban J connectivity index is 2.71. The lowest BCUT2D eigenvalue weighted by molar-refractivity contribution is -0.146. The molecule has 8 heteroatoms. The molecule has 1 amide bonds. The predicted molar refractivity (Wildman–Crippen MR) is 110 cm³/mol. The van der Waals surface area contributed by atoms with Crippen molar-refractivity contribution in [2.24, 2.45) is 7.05 Å². The standard InChI is InChI=1S/C21H23ClN2O5/c1-5-29-21(28)19(15-6-8-16(22)9-7-15)24(18(26)11-14(3)25)17-10-13(2)20(27)23(4)12-17/h6-10,12,19H,5,11H2,1-4H3. The molecule has 2 rings (SSSR count). The van der Waals surface area contributed by atoms with Gasteiger partial charge in [-0.15, -0.1) is 0 Å². The number of aromatic nitrogens is 1. The van der Waals surface area contributed by atoms with E-state index in [9.17, 15) is 19.2 Å². The Morgan fingerprint density at radius 3 is 2.34 bits per heavy atom. The molecule has 2 aromatic rings. The van der Waals surface area contributed by atoms with Gasteiger partial charge in [-0.1, -0.05) is 23.7 Å². The number of carbonyl (C=O) groups excluding carboxylic acids is 3. The Morgan fingerprint density at radius 1 is 1.21 bits per heavy atom. The van der Waals surface area contributed by atoms with Crippen molar-refractivity contribution >= 4 is 34.9 Å². The van der Waals surface area contributed by atoms with Gasteiger partial charge in [0.25, 0.3) is 5.56 Å². The minimum atomic E-state index is -1.14. The van der Waals surface area contributed by atoms with Crippen LogP contribution in [0, 0.1) is 6.92 Å². The monoisotopic (exact) mass is 418 g/mol. The van der Waals surface area contributed by atoms with Crippen LogP contribution in [0.15, 0.2) is 41.3 Å². The molecule has 1 heterocycles. The molecule has 1 unspecified atom stereocenters. The second-order valence-electron chi connectivity index (χ2n) is 6.65. The highest BCUT2D eigenvalue weighted by molar-refractivity contribution is 6.30. The third kappa shape index (κ3) is 5.32. The molecule has 1 aromatic heterocycles. The molecular weight excluding hydrogens is 396 g/mol. The molecule has 0 bridgehead atoms. The van der Waals surface area contributed by atoms with E-state index in [1.807, 2.05) is 0 Å². The number of aryl methyl sites for hydroxylation is 2. The summed E-state index contributed by atoms with van der Waals surface area (Å²) in [6.45, 7) is 4.68. The third-order valence-electron chi connectivity index (χ3n) is 4.25. The van der Waals surface area contributed by atoms with Crippen molar-refractivity contribution < 1.29 is 19.1 Å². The first kappa shape index (κ1) is 22.4. The molecule has 0 aliphatic heterocycles. The van der Waals surface area contributed by atoms with E-state index in [-0.39, 0.29) is 17.9 Å². The maximum atomic E-state index is 13.0. The van der Waals surface area contributed by atoms with Crippen molar-refractivity contribution in [1.82, 2.24) is 4.57 Å². The van der Waals surface area contributed by atoms with Gasteiger partial charge in [0.2, 0.25) is 5.91 Å². The van der Waals surface area contributed by atoms with Crippen LogP contribution < -0.4 is 10.5 Å². The number of ether oxygens (including phenoxy) is 1. The predicted octanol–water partition coefficient (Wildman–Crippen LogP) is 2.96. The number of hydrogen-bond acceptors (Lipinski definition) is 5. The normalized spacial score (nSPS) is 11.6. The third-order valence-corrected chi connectivity index (χ3v) is 4.50. The van der Waals surface area contributed by atoms with Crippen molar-refractivity contribution in [3.63, 3.8) is 0 Å². The highest BCUT2D eigenvalue weighted by Gasteiger charge is 2.34. The number of amides is 1. The van der Waals surface area contributed by atoms with Crippen LogP contribution in [-0.2, 0) is 26.2 Å². The summed E-state index contributed by atoms with van der Waals surface area (Å²) < 4.78 is 6.53. The van der Waals surface area contributed by atoms with E-state index >= 15 is 0 Å². The first-order valence-electron chi connectivity index (χ1n) is 9.06. The van der Waals surface area contributed by atoms with Gasteiger partial charge in [0.05, 0.1) is 18.7 Å². The number of Topliss-reactive ketones (excluding diaryl/α,β-unsaturated/α-hetero) is 1. The molecule has 0 N–H and O–H groups in total. The van der Waals surface area contributed by atoms with Crippen molar-refractivity contribution in [3.05, 3.63) is 63.0 Å². The van der Waals surface area contributed by atoms with Crippen LogP contribution in [0.2, 0.25) is 5.02 Å². The fourth-order valence-electron chi connectivity index (χ4n) is 2.98. The van der Waals surface area contributed by atoms with E-state index in [0.717, 1.165) is 0 Å². The lowest BCUT2D eigenvalue weighted by atomic mass is 10.0. The SMILES string of the molecule is CCOC(=O)C(c1ccc(Cl)cc1)N(C(=O)CC(C)=O)c1cc(C)c(=O)n(C)c1. The minimum Gasteiger partial charge on any atom is -0.464 e. The Hall–Kier alpha value is -2.93.